The molecule has 60 heavy (non-hydrogen) atoms. The van der Waals surface area contributed by atoms with Gasteiger partial charge in [0.25, 0.3) is 0 Å². The van der Waals surface area contributed by atoms with Gasteiger partial charge in [-0.15, -0.1) is 0 Å². The number of rotatable bonds is 44. The van der Waals surface area contributed by atoms with Crippen molar-refractivity contribution in [2.45, 2.75) is 239 Å². The topological polar surface area (TPSA) is 78.9 Å². The quantitative estimate of drug-likeness (QED) is 0.0263. The Labute approximate surface area is 370 Å². The molecule has 0 aromatic rings. The van der Waals surface area contributed by atoms with E-state index in [2.05, 4.69) is 93.7 Å². The molecule has 0 aliphatic heterocycles. The second-order valence-electron chi connectivity index (χ2n) is 16.3. The van der Waals surface area contributed by atoms with Crippen LogP contribution < -0.4 is 0 Å². The Hall–Kier alpha value is -3.15. The predicted octanol–water partition coefficient (Wildman–Crippen LogP) is 16.3. The lowest BCUT2D eigenvalue weighted by molar-refractivity contribution is -0.167. The lowest BCUT2D eigenvalue weighted by Crippen LogP contribution is -2.30. The number of allylic oxidation sites excluding steroid dienone is 12. The van der Waals surface area contributed by atoms with Crippen molar-refractivity contribution in [1.29, 1.82) is 0 Å². The molecule has 344 valence electrons. The van der Waals surface area contributed by atoms with Crippen LogP contribution in [0.1, 0.15) is 233 Å². The molecule has 6 nitrogen and oxygen atoms in total. The van der Waals surface area contributed by atoms with E-state index in [9.17, 15) is 14.4 Å². The molecule has 0 heterocycles. The van der Waals surface area contributed by atoms with Gasteiger partial charge in [0.2, 0.25) is 0 Å². The average molecular weight is 837 g/mol. The Morgan fingerprint density at radius 2 is 0.650 bits per heavy atom. The van der Waals surface area contributed by atoms with Gasteiger partial charge in [0.15, 0.2) is 6.10 Å². The molecule has 0 N–H and O–H groups in total. The van der Waals surface area contributed by atoms with E-state index in [4.69, 9.17) is 14.2 Å². The molecule has 6 heteroatoms. The first-order valence-electron chi connectivity index (χ1n) is 24.9. The lowest BCUT2D eigenvalue weighted by Gasteiger charge is -2.18. The standard InChI is InChI=1S/C54H92O6/c1-4-7-10-13-16-19-22-25-27-29-32-35-38-41-44-47-53(56)59-50-51(49-58-52(55)46-43-40-37-34-31-24-21-18-15-12-9-6-3)60-54(57)48-45-42-39-36-33-30-28-26-23-20-17-14-11-8-5-2/h7-8,10-11,16-17,19-20,25-28,51H,4-6,9,12-15,18,21-24,29-50H2,1-3H3/b10-7-,11-8-,19-16-,20-17-,27-25-,28-26-. The van der Waals surface area contributed by atoms with Gasteiger partial charge in [-0.3, -0.25) is 14.4 Å². The molecule has 0 aromatic carbocycles. The van der Waals surface area contributed by atoms with Crippen LogP contribution in [0.4, 0.5) is 0 Å². The minimum absolute atomic E-state index is 0.0869. The van der Waals surface area contributed by atoms with E-state index >= 15 is 0 Å². The maximum atomic E-state index is 12.8. The number of esters is 3. The molecule has 0 aliphatic carbocycles. The van der Waals surface area contributed by atoms with Crippen LogP contribution >= 0.6 is 0 Å². The molecule has 0 saturated heterocycles. The summed E-state index contributed by atoms with van der Waals surface area (Å²) in [6.07, 6.45) is 60.2. The fourth-order valence-electron chi connectivity index (χ4n) is 6.76. The first-order valence-corrected chi connectivity index (χ1v) is 24.9. The molecule has 1 unspecified atom stereocenters. The lowest BCUT2D eigenvalue weighted by atomic mass is 10.0. The molecule has 0 saturated carbocycles. The van der Waals surface area contributed by atoms with Crippen molar-refractivity contribution in [1.82, 2.24) is 0 Å². The SMILES string of the molecule is CC/C=C\C/C=C\C/C=C\CCCCCCCC(=O)OCC(COC(=O)CCCCCCCCCCCCCC)OC(=O)CCCCCCC/C=C\C/C=C\C/C=C\CC. The molecule has 0 aliphatic rings. The van der Waals surface area contributed by atoms with Crippen LogP contribution in [0, 0.1) is 0 Å². The summed E-state index contributed by atoms with van der Waals surface area (Å²) in [6, 6.07) is 0. The van der Waals surface area contributed by atoms with Crippen LogP contribution in [0.15, 0.2) is 72.9 Å². The second-order valence-corrected chi connectivity index (χ2v) is 16.3. The summed E-state index contributed by atoms with van der Waals surface area (Å²) in [5.74, 6) is -0.921. The van der Waals surface area contributed by atoms with Gasteiger partial charge in [-0.25, -0.2) is 0 Å². The van der Waals surface area contributed by atoms with Crippen molar-refractivity contribution >= 4 is 17.9 Å². The molecule has 0 spiro atoms. The van der Waals surface area contributed by atoms with Gasteiger partial charge in [0, 0.05) is 19.3 Å². The smallest absolute Gasteiger partial charge is 0.306 e. The molecule has 1 atom stereocenters. The van der Waals surface area contributed by atoms with E-state index in [1.54, 1.807) is 0 Å². The number of hydrogen-bond donors (Lipinski definition) is 0. The van der Waals surface area contributed by atoms with Gasteiger partial charge in [-0.2, -0.15) is 0 Å². The maximum absolute atomic E-state index is 12.8. The predicted molar refractivity (Wildman–Crippen MR) is 256 cm³/mol. The highest BCUT2D eigenvalue weighted by molar-refractivity contribution is 5.71. The normalized spacial score (nSPS) is 12.7. The van der Waals surface area contributed by atoms with Crippen LogP contribution in [0.2, 0.25) is 0 Å². The number of hydrogen-bond acceptors (Lipinski definition) is 6. The summed E-state index contributed by atoms with van der Waals surface area (Å²) in [6.45, 7) is 6.38. The fraction of sp³-hybridized carbons (Fsp3) is 0.722. The van der Waals surface area contributed by atoms with E-state index in [-0.39, 0.29) is 31.1 Å². The third-order valence-electron chi connectivity index (χ3n) is 10.5. The molecule has 0 radical (unpaired) electrons. The number of carbonyl (C=O) groups excluding carboxylic acids is 3. The van der Waals surface area contributed by atoms with Crippen molar-refractivity contribution < 1.29 is 28.6 Å². The molecular formula is C54H92O6. The highest BCUT2D eigenvalue weighted by Crippen LogP contribution is 2.14. The largest absolute Gasteiger partial charge is 0.462 e. The minimum Gasteiger partial charge on any atom is -0.462 e. The van der Waals surface area contributed by atoms with Crippen molar-refractivity contribution in [3.05, 3.63) is 72.9 Å². The maximum Gasteiger partial charge on any atom is 0.306 e. The van der Waals surface area contributed by atoms with Crippen molar-refractivity contribution in [2.75, 3.05) is 13.2 Å². The average Bonchev–Trinajstić information content (AvgIpc) is 3.24. The van der Waals surface area contributed by atoms with Crippen LogP contribution in [-0.4, -0.2) is 37.2 Å². The van der Waals surface area contributed by atoms with Crippen molar-refractivity contribution in [3.63, 3.8) is 0 Å². The Morgan fingerprint density at radius 1 is 0.350 bits per heavy atom. The number of carbonyl (C=O) groups is 3. The van der Waals surface area contributed by atoms with Crippen LogP contribution in [0.3, 0.4) is 0 Å². The van der Waals surface area contributed by atoms with Gasteiger partial charge in [0.1, 0.15) is 13.2 Å². The molecule has 0 amide bonds. The van der Waals surface area contributed by atoms with Gasteiger partial charge < -0.3 is 14.2 Å². The van der Waals surface area contributed by atoms with Crippen LogP contribution in [-0.2, 0) is 28.6 Å². The first-order chi connectivity index (χ1) is 29.5. The number of ether oxygens (including phenoxy) is 3. The van der Waals surface area contributed by atoms with Crippen LogP contribution in [0.5, 0.6) is 0 Å². The molecule has 0 bridgehead atoms. The number of unbranched alkanes of at least 4 members (excludes halogenated alkanes) is 21. The highest BCUT2D eigenvalue weighted by atomic mass is 16.6. The van der Waals surface area contributed by atoms with E-state index in [1.165, 1.54) is 57.8 Å². The summed E-state index contributed by atoms with van der Waals surface area (Å²) in [4.78, 5) is 37.9. The van der Waals surface area contributed by atoms with E-state index < -0.39 is 6.10 Å². The Balaban J connectivity index is 4.44. The van der Waals surface area contributed by atoms with Gasteiger partial charge in [-0.1, -0.05) is 203 Å². The summed E-state index contributed by atoms with van der Waals surface area (Å²) < 4.78 is 16.8. The molecule has 0 rings (SSSR count). The van der Waals surface area contributed by atoms with E-state index in [1.807, 2.05) is 0 Å². The van der Waals surface area contributed by atoms with Gasteiger partial charge in [-0.05, 0) is 83.5 Å². The summed E-state index contributed by atoms with van der Waals surface area (Å²) in [5.41, 5.74) is 0. The Bertz CT molecular complexity index is 1140. The zero-order valence-corrected chi connectivity index (χ0v) is 39.2. The van der Waals surface area contributed by atoms with E-state index in [0.717, 1.165) is 135 Å². The molecule has 0 aromatic heterocycles. The van der Waals surface area contributed by atoms with Crippen molar-refractivity contribution in [3.8, 4) is 0 Å². The summed E-state index contributed by atoms with van der Waals surface area (Å²) >= 11 is 0. The van der Waals surface area contributed by atoms with Crippen LogP contribution in [0.25, 0.3) is 0 Å². The minimum atomic E-state index is -0.789. The summed E-state index contributed by atoms with van der Waals surface area (Å²) in [7, 11) is 0. The monoisotopic (exact) mass is 837 g/mol. The first kappa shape index (κ1) is 56.9. The fourth-order valence-corrected chi connectivity index (χ4v) is 6.76. The molecule has 0 fully saturated rings. The van der Waals surface area contributed by atoms with Gasteiger partial charge >= 0.3 is 17.9 Å². The second kappa shape index (κ2) is 48.5. The third-order valence-corrected chi connectivity index (χ3v) is 10.5. The zero-order chi connectivity index (χ0) is 43.7. The Kier molecular flexibility index (Phi) is 46.0. The third kappa shape index (κ3) is 45.9. The summed E-state index contributed by atoms with van der Waals surface area (Å²) in [5, 5.41) is 0. The van der Waals surface area contributed by atoms with Crippen molar-refractivity contribution in [2.24, 2.45) is 0 Å². The zero-order valence-electron chi connectivity index (χ0n) is 39.2. The van der Waals surface area contributed by atoms with E-state index in [0.29, 0.717) is 19.3 Å². The highest BCUT2D eigenvalue weighted by Gasteiger charge is 2.19. The Morgan fingerprint density at radius 3 is 1.02 bits per heavy atom. The van der Waals surface area contributed by atoms with Gasteiger partial charge in [0.05, 0.1) is 0 Å². The molecular weight excluding hydrogens is 745 g/mol.